The average Bonchev–Trinajstić information content (AvgIpc) is 3.23. The first kappa shape index (κ1) is 20.9. The van der Waals surface area contributed by atoms with Crippen molar-refractivity contribution in [1.82, 2.24) is 10.2 Å². The van der Waals surface area contributed by atoms with E-state index in [0.29, 0.717) is 35.4 Å². The summed E-state index contributed by atoms with van der Waals surface area (Å²) in [7, 11) is 0. The molecule has 3 N–H and O–H groups in total. The number of anilines is 2. The Kier molecular flexibility index (Phi) is 5.35. The molecule has 5 rings (SSSR count). The lowest BCUT2D eigenvalue weighted by atomic mass is 9.85. The number of amides is 1. The lowest BCUT2D eigenvalue weighted by Crippen LogP contribution is -2.62. The third-order valence-corrected chi connectivity index (χ3v) is 6.62. The molecule has 3 aliphatic rings. The molecule has 2 saturated heterocycles. The predicted molar refractivity (Wildman–Crippen MR) is 121 cm³/mol. The van der Waals surface area contributed by atoms with Crippen molar-refractivity contribution < 1.29 is 19.0 Å². The number of rotatable bonds is 4. The van der Waals surface area contributed by atoms with E-state index < -0.39 is 5.54 Å². The van der Waals surface area contributed by atoms with Gasteiger partial charge in [0.15, 0.2) is 17.5 Å². The SMILES string of the molecule is CC1(c2cccc(Nc3ccc4c(c3)OCO4)c2Cl)CC(=O)N(C2CCOCC2)C(=N)N1. The summed E-state index contributed by atoms with van der Waals surface area (Å²) in [5.74, 6) is 1.42. The van der Waals surface area contributed by atoms with Crippen LogP contribution >= 0.6 is 11.6 Å². The van der Waals surface area contributed by atoms with E-state index in [9.17, 15) is 4.79 Å². The molecule has 32 heavy (non-hydrogen) atoms. The highest BCUT2D eigenvalue weighted by molar-refractivity contribution is 6.34. The number of carbonyl (C=O) groups is 1. The van der Waals surface area contributed by atoms with Gasteiger partial charge in [-0.15, -0.1) is 0 Å². The lowest BCUT2D eigenvalue weighted by molar-refractivity contribution is -0.133. The van der Waals surface area contributed by atoms with Gasteiger partial charge in [0.05, 0.1) is 22.7 Å². The molecule has 8 nitrogen and oxygen atoms in total. The Labute approximate surface area is 191 Å². The third kappa shape index (κ3) is 3.73. The van der Waals surface area contributed by atoms with Crippen LogP contribution in [0.5, 0.6) is 11.5 Å². The number of ether oxygens (including phenoxy) is 3. The average molecular weight is 457 g/mol. The molecule has 0 aliphatic carbocycles. The second kappa shape index (κ2) is 8.18. The minimum atomic E-state index is -0.792. The van der Waals surface area contributed by atoms with Gasteiger partial charge in [0.2, 0.25) is 12.7 Å². The maximum Gasteiger partial charge on any atom is 0.232 e. The van der Waals surface area contributed by atoms with Gasteiger partial charge < -0.3 is 24.8 Å². The summed E-state index contributed by atoms with van der Waals surface area (Å²) in [6.07, 6.45) is 1.68. The molecule has 2 fully saturated rings. The summed E-state index contributed by atoms with van der Waals surface area (Å²) in [5, 5.41) is 15.6. The van der Waals surface area contributed by atoms with Crippen LogP contribution in [-0.2, 0) is 15.1 Å². The van der Waals surface area contributed by atoms with Crippen LogP contribution in [0.25, 0.3) is 0 Å². The Balaban J connectivity index is 1.39. The second-order valence-electron chi connectivity index (χ2n) is 8.45. The normalized spacial score (nSPS) is 23.2. The zero-order chi connectivity index (χ0) is 22.3. The van der Waals surface area contributed by atoms with Crippen molar-refractivity contribution in [2.24, 2.45) is 0 Å². The summed E-state index contributed by atoms with van der Waals surface area (Å²) in [6.45, 7) is 3.34. The van der Waals surface area contributed by atoms with Crippen LogP contribution in [0.1, 0.15) is 31.7 Å². The molecule has 1 amide bonds. The third-order valence-electron chi connectivity index (χ3n) is 6.21. The van der Waals surface area contributed by atoms with Crippen molar-refractivity contribution in [3.8, 4) is 11.5 Å². The predicted octanol–water partition coefficient (Wildman–Crippen LogP) is 3.96. The summed E-state index contributed by atoms with van der Waals surface area (Å²) in [6, 6.07) is 11.3. The Morgan fingerprint density at radius 3 is 2.75 bits per heavy atom. The van der Waals surface area contributed by atoms with Gasteiger partial charge in [-0.1, -0.05) is 23.7 Å². The first-order valence-electron chi connectivity index (χ1n) is 10.7. The van der Waals surface area contributed by atoms with E-state index in [1.165, 1.54) is 0 Å². The molecule has 168 valence electrons. The molecule has 2 aromatic carbocycles. The molecule has 0 radical (unpaired) electrons. The molecule has 3 heterocycles. The molecule has 2 aromatic rings. The van der Waals surface area contributed by atoms with E-state index in [1.54, 1.807) is 4.90 Å². The van der Waals surface area contributed by atoms with Crippen molar-refractivity contribution in [1.29, 1.82) is 5.41 Å². The highest BCUT2D eigenvalue weighted by Crippen LogP contribution is 2.40. The lowest BCUT2D eigenvalue weighted by Gasteiger charge is -2.45. The summed E-state index contributed by atoms with van der Waals surface area (Å²) < 4.78 is 16.2. The van der Waals surface area contributed by atoms with Gasteiger partial charge in [-0.3, -0.25) is 15.1 Å². The molecule has 0 aromatic heterocycles. The van der Waals surface area contributed by atoms with E-state index in [-0.39, 0.29) is 31.1 Å². The number of hydrogen-bond donors (Lipinski definition) is 3. The number of nitrogens with zero attached hydrogens (tertiary/aromatic N) is 1. The molecular formula is C23H25ClN4O4. The molecule has 0 bridgehead atoms. The maximum absolute atomic E-state index is 13.1. The second-order valence-corrected chi connectivity index (χ2v) is 8.83. The number of guanidine groups is 1. The van der Waals surface area contributed by atoms with Gasteiger partial charge in [-0.05, 0) is 43.5 Å². The highest BCUT2D eigenvalue weighted by Gasteiger charge is 2.43. The Bertz CT molecular complexity index is 1050. The number of fused-ring (bicyclic) bond motifs is 1. The van der Waals surface area contributed by atoms with Crippen LogP contribution in [-0.4, -0.2) is 42.8 Å². The van der Waals surface area contributed by atoms with Crippen LogP contribution in [0.3, 0.4) is 0 Å². The molecular weight excluding hydrogens is 432 g/mol. The zero-order valence-corrected chi connectivity index (χ0v) is 18.5. The Hall–Kier alpha value is -2.97. The summed E-state index contributed by atoms with van der Waals surface area (Å²) in [5.41, 5.74) is 1.48. The molecule has 3 aliphatic heterocycles. The van der Waals surface area contributed by atoms with Gasteiger partial charge in [-0.2, -0.15) is 0 Å². The molecule has 1 unspecified atom stereocenters. The number of nitrogens with one attached hydrogen (secondary N) is 3. The van der Waals surface area contributed by atoms with Crippen molar-refractivity contribution in [3.05, 3.63) is 47.0 Å². The minimum absolute atomic E-state index is 0.00437. The summed E-state index contributed by atoms with van der Waals surface area (Å²) >= 11 is 6.81. The van der Waals surface area contributed by atoms with E-state index >= 15 is 0 Å². The Morgan fingerprint density at radius 1 is 1.19 bits per heavy atom. The Morgan fingerprint density at radius 2 is 1.97 bits per heavy atom. The topological polar surface area (TPSA) is 95.9 Å². The van der Waals surface area contributed by atoms with Crippen molar-refractivity contribution in [3.63, 3.8) is 0 Å². The van der Waals surface area contributed by atoms with Crippen LogP contribution in [0.2, 0.25) is 5.02 Å². The fraction of sp³-hybridized carbons (Fsp3) is 0.391. The minimum Gasteiger partial charge on any atom is -0.454 e. The van der Waals surface area contributed by atoms with Crippen molar-refractivity contribution in [2.45, 2.75) is 37.8 Å². The van der Waals surface area contributed by atoms with Crippen LogP contribution < -0.4 is 20.1 Å². The van der Waals surface area contributed by atoms with E-state index in [1.807, 2.05) is 43.3 Å². The van der Waals surface area contributed by atoms with Gasteiger partial charge in [-0.25, -0.2) is 0 Å². The van der Waals surface area contributed by atoms with E-state index in [2.05, 4.69) is 10.6 Å². The first-order chi connectivity index (χ1) is 15.4. The van der Waals surface area contributed by atoms with Crippen LogP contribution in [0.4, 0.5) is 11.4 Å². The molecule has 9 heteroatoms. The highest BCUT2D eigenvalue weighted by atomic mass is 35.5. The van der Waals surface area contributed by atoms with Gasteiger partial charge >= 0.3 is 0 Å². The largest absolute Gasteiger partial charge is 0.454 e. The molecule has 0 saturated carbocycles. The van der Waals surface area contributed by atoms with Crippen molar-refractivity contribution >= 4 is 34.8 Å². The van der Waals surface area contributed by atoms with Crippen LogP contribution in [0, 0.1) is 5.41 Å². The number of hydrogen-bond acceptors (Lipinski definition) is 6. The molecule has 1 atom stereocenters. The van der Waals surface area contributed by atoms with Gasteiger partial charge in [0.25, 0.3) is 0 Å². The van der Waals surface area contributed by atoms with E-state index in [4.69, 9.17) is 31.2 Å². The zero-order valence-electron chi connectivity index (χ0n) is 17.7. The van der Waals surface area contributed by atoms with Crippen molar-refractivity contribution in [2.75, 3.05) is 25.3 Å². The quantitative estimate of drug-likeness (QED) is 0.644. The van der Waals surface area contributed by atoms with Gasteiger partial charge in [0, 0.05) is 31.0 Å². The number of carbonyl (C=O) groups excluding carboxylic acids is 1. The fourth-order valence-electron chi connectivity index (χ4n) is 4.55. The van der Waals surface area contributed by atoms with E-state index in [0.717, 1.165) is 24.1 Å². The number of halogens is 1. The fourth-order valence-corrected chi connectivity index (χ4v) is 4.94. The standard InChI is InChI=1S/C23H25ClN4O4/c1-23(12-20(29)28(22(25)27-23)15-7-9-30-10-8-15)16-3-2-4-17(21(16)24)26-14-5-6-18-19(11-14)32-13-31-18/h2-6,11,15,26H,7-10,12-13H2,1H3,(H2,25,27). The maximum atomic E-state index is 13.1. The van der Waals surface area contributed by atoms with Crippen LogP contribution in [0.15, 0.2) is 36.4 Å². The molecule has 0 spiro atoms. The summed E-state index contributed by atoms with van der Waals surface area (Å²) in [4.78, 5) is 14.7. The smallest absolute Gasteiger partial charge is 0.232 e. The van der Waals surface area contributed by atoms with Gasteiger partial charge in [0.1, 0.15) is 0 Å². The monoisotopic (exact) mass is 456 g/mol. The first-order valence-corrected chi connectivity index (χ1v) is 11.0. The number of benzene rings is 2.